The first-order chi connectivity index (χ1) is 6.99. The van der Waals surface area contributed by atoms with E-state index < -0.39 is 11.8 Å². The topological polar surface area (TPSA) is 74.7 Å². The van der Waals surface area contributed by atoms with Gasteiger partial charge in [-0.15, -0.1) is 5.26 Å². The first kappa shape index (κ1) is 11.4. The van der Waals surface area contributed by atoms with Gasteiger partial charge in [0.25, 0.3) is 6.26 Å². The fourth-order valence-corrected chi connectivity index (χ4v) is 1.51. The molecule has 0 atom stereocenters. The molecule has 0 saturated carbocycles. The number of nitrogens with zero attached hydrogens (tertiary/aromatic N) is 2. The Kier molecular flexibility index (Phi) is 3.24. The number of piperidine rings is 1. The zero-order chi connectivity index (χ0) is 11.5. The summed E-state index contributed by atoms with van der Waals surface area (Å²) < 4.78 is 17.9. The van der Waals surface area contributed by atoms with Gasteiger partial charge in [0.2, 0.25) is 5.67 Å². The van der Waals surface area contributed by atoms with Crippen LogP contribution in [0.15, 0.2) is 0 Å². The number of likely N-dealkylation sites (tertiary alicyclic amines) is 1. The maximum atomic E-state index is 13.8. The number of nitriles is 1. The van der Waals surface area contributed by atoms with Crippen molar-refractivity contribution in [3.63, 3.8) is 0 Å². The Bertz CT molecular complexity index is 316. The molecule has 0 spiro atoms. The van der Waals surface area contributed by atoms with E-state index >= 15 is 0 Å². The van der Waals surface area contributed by atoms with Gasteiger partial charge in [0.05, 0.1) is 6.92 Å². The quantitative estimate of drug-likeness (QED) is 0.483. The molecule has 1 heterocycles. The lowest BCUT2D eigenvalue weighted by atomic mass is 9.90. The van der Waals surface area contributed by atoms with Crippen LogP contribution in [-0.4, -0.2) is 40.3 Å². The molecule has 1 amide bonds. The van der Waals surface area contributed by atoms with E-state index in [4.69, 9.17) is 10.1 Å². The third-order valence-electron chi connectivity index (χ3n) is 2.60. The predicted molar refractivity (Wildman–Crippen MR) is 49.4 cm³/mol. The summed E-state index contributed by atoms with van der Waals surface area (Å²) >= 11 is 0. The van der Waals surface area contributed by atoms with Crippen LogP contribution >= 0.6 is 0 Å². The molecule has 1 aliphatic rings. The Balaban J connectivity index is 2.53. The van der Waals surface area contributed by atoms with E-state index in [1.807, 2.05) is 0 Å². The summed E-state index contributed by atoms with van der Waals surface area (Å²) in [5.74, 6) is -0.268. The molecule has 0 bridgehead atoms. The van der Waals surface area contributed by atoms with E-state index in [0.29, 0.717) is 0 Å². The third kappa shape index (κ3) is 2.43. The van der Waals surface area contributed by atoms with Crippen molar-refractivity contribution in [2.45, 2.75) is 25.4 Å². The van der Waals surface area contributed by atoms with E-state index in [1.165, 1.54) is 18.1 Å². The molecular weight excluding hydrogens is 203 g/mol. The van der Waals surface area contributed by atoms with Gasteiger partial charge < -0.3 is 9.64 Å². The van der Waals surface area contributed by atoms with Gasteiger partial charge in [-0.3, -0.25) is 4.79 Å². The first-order valence-electron chi connectivity index (χ1n) is 4.56. The second-order valence-corrected chi connectivity index (χ2v) is 3.50. The van der Waals surface area contributed by atoms with Crippen molar-refractivity contribution in [3.05, 3.63) is 0 Å². The van der Waals surface area contributed by atoms with E-state index in [0.717, 1.165) is 0 Å². The standard InChI is InChI=1S/C9H11FN2O3/c1-7(13)9(10)2-4-12(5-3-9)8(14)15-6-11/h2-5H2,1H3/p+1. The van der Waals surface area contributed by atoms with Crippen molar-refractivity contribution in [2.75, 3.05) is 13.1 Å². The number of ketones is 1. The molecule has 15 heavy (non-hydrogen) atoms. The SMILES string of the molecule is CC(=[OH+])C1(F)CCN(C(=O)OC#N)CC1. The van der Waals surface area contributed by atoms with Gasteiger partial charge >= 0.3 is 11.9 Å². The maximum Gasteiger partial charge on any atom is 0.425 e. The summed E-state index contributed by atoms with van der Waals surface area (Å²) in [6.07, 6.45) is 0.548. The number of alkyl halides is 1. The van der Waals surface area contributed by atoms with Crippen LogP contribution in [-0.2, 0) is 4.74 Å². The number of rotatable bonds is 1. The maximum absolute atomic E-state index is 13.8. The molecule has 82 valence electrons. The highest BCUT2D eigenvalue weighted by molar-refractivity contribution is 5.86. The molecule has 0 radical (unpaired) electrons. The summed E-state index contributed by atoms with van der Waals surface area (Å²) in [5.41, 5.74) is -1.72. The lowest BCUT2D eigenvalue weighted by Crippen LogP contribution is -2.47. The second kappa shape index (κ2) is 4.26. The Hall–Kier alpha value is -1.64. The summed E-state index contributed by atoms with van der Waals surface area (Å²) in [6, 6.07) is 0. The number of amides is 1. The summed E-state index contributed by atoms with van der Waals surface area (Å²) in [7, 11) is 0. The van der Waals surface area contributed by atoms with Crippen molar-refractivity contribution < 1.29 is 18.7 Å². The van der Waals surface area contributed by atoms with E-state index in [-0.39, 0.29) is 31.7 Å². The highest BCUT2D eigenvalue weighted by atomic mass is 19.1. The summed E-state index contributed by atoms with van der Waals surface area (Å²) in [6.45, 7) is 1.58. The minimum absolute atomic E-state index is 0.0237. The molecule has 1 fully saturated rings. The molecule has 0 aliphatic carbocycles. The number of ether oxygens (including phenoxy) is 1. The molecule has 1 rings (SSSR count). The smallest absolute Gasteiger partial charge is 0.333 e. The zero-order valence-corrected chi connectivity index (χ0v) is 8.36. The highest BCUT2D eigenvalue weighted by Gasteiger charge is 2.44. The van der Waals surface area contributed by atoms with Gasteiger partial charge in [0, 0.05) is 25.9 Å². The van der Waals surface area contributed by atoms with Crippen LogP contribution in [0, 0.1) is 11.5 Å². The van der Waals surface area contributed by atoms with Gasteiger partial charge in [0.1, 0.15) is 0 Å². The summed E-state index contributed by atoms with van der Waals surface area (Å²) in [5, 5.41) is 8.12. The Morgan fingerprint density at radius 2 is 2.13 bits per heavy atom. The normalized spacial score (nSPS) is 19.1. The molecule has 1 N–H and O–H groups in total. The fourth-order valence-electron chi connectivity index (χ4n) is 1.51. The second-order valence-electron chi connectivity index (χ2n) is 3.50. The average molecular weight is 215 g/mol. The van der Waals surface area contributed by atoms with Crippen LogP contribution in [0.25, 0.3) is 0 Å². The molecule has 0 aromatic heterocycles. The van der Waals surface area contributed by atoms with Crippen LogP contribution in [0.2, 0.25) is 0 Å². The van der Waals surface area contributed by atoms with Crippen molar-refractivity contribution in [2.24, 2.45) is 0 Å². The Morgan fingerprint density at radius 1 is 1.60 bits per heavy atom. The molecule has 1 saturated heterocycles. The lowest BCUT2D eigenvalue weighted by Gasteiger charge is -2.31. The largest absolute Gasteiger partial charge is 0.425 e. The van der Waals surface area contributed by atoms with E-state index in [2.05, 4.69) is 4.74 Å². The molecule has 5 nitrogen and oxygen atoms in total. The Morgan fingerprint density at radius 3 is 2.53 bits per heavy atom. The fraction of sp³-hybridized carbons (Fsp3) is 0.667. The van der Waals surface area contributed by atoms with Gasteiger partial charge in [-0.25, -0.2) is 9.18 Å². The molecular formula is C9H12FN2O3+. The number of carbonyl (C=O) groups excluding carboxylic acids is 2. The van der Waals surface area contributed by atoms with Crippen molar-refractivity contribution in [1.29, 1.82) is 5.26 Å². The van der Waals surface area contributed by atoms with Crippen LogP contribution in [0.1, 0.15) is 19.8 Å². The predicted octanol–water partition coefficient (Wildman–Crippen LogP) is 0.973. The zero-order valence-electron chi connectivity index (χ0n) is 8.36. The molecule has 1 aliphatic heterocycles. The molecule has 6 heteroatoms. The van der Waals surface area contributed by atoms with Gasteiger partial charge in [-0.2, -0.15) is 0 Å². The van der Waals surface area contributed by atoms with Crippen molar-refractivity contribution >= 4 is 11.9 Å². The van der Waals surface area contributed by atoms with Gasteiger partial charge in [0.15, 0.2) is 0 Å². The van der Waals surface area contributed by atoms with Crippen molar-refractivity contribution in [1.82, 2.24) is 4.90 Å². The summed E-state index contributed by atoms with van der Waals surface area (Å²) in [4.78, 5) is 21.4. The highest BCUT2D eigenvalue weighted by Crippen LogP contribution is 2.27. The van der Waals surface area contributed by atoms with Gasteiger partial charge in [-0.1, -0.05) is 0 Å². The van der Waals surface area contributed by atoms with Crippen LogP contribution in [0.4, 0.5) is 9.18 Å². The molecule has 0 aromatic carbocycles. The number of hydrogen-bond acceptors (Lipinski definition) is 3. The number of halogens is 1. The minimum atomic E-state index is -1.72. The monoisotopic (exact) mass is 215 g/mol. The Labute approximate surface area is 86.4 Å². The third-order valence-corrected chi connectivity index (χ3v) is 2.60. The van der Waals surface area contributed by atoms with Gasteiger partial charge in [-0.05, 0) is 0 Å². The van der Waals surface area contributed by atoms with Crippen molar-refractivity contribution in [3.8, 4) is 6.26 Å². The number of carbonyl (C=O) groups is 1. The lowest BCUT2D eigenvalue weighted by molar-refractivity contribution is 0.0903. The van der Waals surface area contributed by atoms with E-state index in [1.54, 1.807) is 0 Å². The van der Waals surface area contributed by atoms with Crippen LogP contribution in [0.3, 0.4) is 0 Å². The van der Waals surface area contributed by atoms with Crippen LogP contribution < -0.4 is 0 Å². The first-order valence-corrected chi connectivity index (χ1v) is 4.56. The molecule has 0 aromatic rings. The van der Waals surface area contributed by atoms with Crippen LogP contribution in [0.5, 0.6) is 0 Å². The molecule has 0 unspecified atom stereocenters. The minimum Gasteiger partial charge on any atom is -0.333 e. The number of hydrogen-bond donors (Lipinski definition) is 0. The van der Waals surface area contributed by atoms with E-state index in [9.17, 15) is 9.18 Å². The average Bonchev–Trinajstić information content (AvgIpc) is 2.19.